The Balaban J connectivity index is -0.00000209. The number of aliphatic carboxylic acids is 3. The number of rotatable bonds is 112. The van der Waals surface area contributed by atoms with Gasteiger partial charge in [-0.15, -0.1) is 0 Å². The van der Waals surface area contributed by atoms with Gasteiger partial charge in [0, 0.05) is 166 Å². The van der Waals surface area contributed by atoms with Crippen LogP contribution in [-0.2, 0) is 124 Å². The molecular weight excluding hydrogens is 1860 g/mol. The molecule has 32 heteroatoms. The molecule has 0 aromatic heterocycles. The fraction of sp³-hybridized carbons (Fsp3) is 0.841. The Morgan fingerprint density at radius 2 is 0.372 bits per heavy atom. The van der Waals surface area contributed by atoms with E-state index < -0.39 is 35.7 Å². The molecule has 0 fully saturated rings. The molecule has 3 atom stereocenters. The van der Waals surface area contributed by atoms with Crippen LogP contribution in [0.25, 0.3) is 0 Å². The number of hydrogen-bond donors (Lipinski definition) is 6. The van der Waals surface area contributed by atoms with Gasteiger partial charge in [-0.25, -0.2) is 0 Å². The van der Waals surface area contributed by atoms with Crippen LogP contribution in [0.2, 0.25) is 0 Å². The maximum absolute atomic E-state index is 12.2. The summed E-state index contributed by atoms with van der Waals surface area (Å²) in [6, 6.07) is 0. The van der Waals surface area contributed by atoms with Crippen LogP contribution in [0.15, 0.2) is 0 Å². The first-order chi connectivity index (χ1) is 69.8. The molecule has 0 spiro atoms. The number of nitrogens with one attached hydrogen (secondary N) is 3. The van der Waals surface area contributed by atoms with E-state index in [1.807, 2.05) is 0 Å². The summed E-state index contributed by atoms with van der Waals surface area (Å²) in [7, 11) is 0. The zero-order valence-electron chi connectivity index (χ0n) is 91.0. The fourth-order valence-corrected chi connectivity index (χ4v) is 16.2. The molecule has 0 aromatic carbocycles. The van der Waals surface area contributed by atoms with E-state index in [4.69, 9.17) is 53.2 Å². The van der Waals surface area contributed by atoms with Crippen molar-refractivity contribution in [1.82, 2.24) is 16.0 Å². The first-order valence-corrected chi connectivity index (χ1v) is 56.0. The van der Waals surface area contributed by atoms with Crippen LogP contribution in [0.1, 0.15) is 472 Å². The Bertz CT molecular complexity index is 3370. The van der Waals surface area contributed by atoms with E-state index in [2.05, 4.69) is 16.0 Å². The highest BCUT2D eigenvalue weighted by atomic mass is 16.5. The lowest BCUT2D eigenvalue weighted by atomic mass is 9.91. The van der Waals surface area contributed by atoms with Crippen molar-refractivity contribution >= 4 is 105 Å². The Kier molecular flexibility index (Phi) is 105. The van der Waals surface area contributed by atoms with Gasteiger partial charge in [-0.2, -0.15) is 0 Å². The van der Waals surface area contributed by atoms with Crippen LogP contribution in [0.3, 0.4) is 0 Å². The molecule has 0 radical (unpaired) electrons. The normalized spacial score (nSPS) is 11.7. The minimum absolute atomic E-state index is 0.0109. The average molecular weight is 2060 g/mol. The molecule has 0 saturated carbocycles. The minimum Gasteiger partial charge on any atom is -0.481 e. The van der Waals surface area contributed by atoms with Gasteiger partial charge in [0.1, 0.15) is 72.7 Å². The third-order valence-electron chi connectivity index (χ3n) is 25.1. The molecule has 145 heavy (non-hydrogen) atoms. The van der Waals surface area contributed by atoms with Gasteiger partial charge >= 0.3 is 17.9 Å². The van der Waals surface area contributed by atoms with Crippen LogP contribution in [0, 0.1) is 17.8 Å². The maximum Gasteiger partial charge on any atom is 0.303 e. The number of carbonyl (C=O) groups is 18. The molecule has 0 aliphatic carbocycles. The van der Waals surface area contributed by atoms with Crippen molar-refractivity contribution in [1.29, 1.82) is 0 Å². The second kappa shape index (κ2) is 108. The number of hydrogen-bond acceptors (Lipinski definition) is 26. The number of amides is 3. The number of carboxylic acids is 3. The predicted molar refractivity (Wildman–Crippen MR) is 562 cm³/mol. The zero-order valence-corrected chi connectivity index (χ0v) is 91.0. The Labute approximate surface area is 870 Å². The summed E-state index contributed by atoms with van der Waals surface area (Å²) >= 11 is 0. The molecule has 0 rings (SSSR count). The number of carboxylic acid groups (broad SMARTS) is 3. The van der Waals surface area contributed by atoms with Gasteiger partial charge in [-0.05, 0) is 119 Å². The van der Waals surface area contributed by atoms with Crippen molar-refractivity contribution in [3.05, 3.63) is 0 Å². The van der Waals surface area contributed by atoms with E-state index >= 15 is 0 Å². The summed E-state index contributed by atoms with van der Waals surface area (Å²) in [6.07, 6.45) is 59.4. The number of Topliss-reactive ketones (excluding diaryl/α,β-unsaturated/α-hetero) is 12. The molecule has 0 bridgehead atoms. The summed E-state index contributed by atoms with van der Waals surface area (Å²) in [6.45, 7) is 14.0. The monoisotopic (exact) mass is 2060 g/mol. The minimum atomic E-state index is -0.702. The highest BCUT2D eigenvalue weighted by Gasteiger charge is 2.24. The largest absolute Gasteiger partial charge is 0.481 e. The van der Waals surface area contributed by atoms with Crippen molar-refractivity contribution in [2.45, 2.75) is 472 Å². The second-order valence-electron chi connectivity index (χ2n) is 39.2. The molecule has 3 amide bonds. The molecule has 0 aliphatic rings. The molecular formula is C113H199N3O29. The highest BCUT2D eigenvalue weighted by molar-refractivity contribution is 5.91. The smallest absolute Gasteiger partial charge is 0.303 e. The molecule has 840 valence electrons. The first-order valence-electron chi connectivity index (χ1n) is 56.0. The van der Waals surface area contributed by atoms with E-state index in [-0.39, 0.29) is 178 Å². The number of ether oxygens (including phenoxy) is 8. The molecule has 0 unspecified atom stereocenters. The van der Waals surface area contributed by atoms with Gasteiger partial charge in [0.25, 0.3) is 0 Å². The van der Waals surface area contributed by atoms with Gasteiger partial charge in [0.15, 0.2) is 23.1 Å². The van der Waals surface area contributed by atoms with Crippen LogP contribution < -0.4 is 16.0 Å². The topological polar surface area (TPSA) is 478 Å². The lowest BCUT2D eigenvalue weighted by Crippen LogP contribution is -2.28. The quantitative estimate of drug-likeness (QED) is 0.0308. The van der Waals surface area contributed by atoms with Crippen molar-refractivity contribution in [2.24, 2.45) is 17.8 Å². The van der Waals surface area contributed by atoms with E-state index in [1.165, 1.54) is 221 Å². The van der Waals surface area contributed by atoms with Gasteiger partial charge < -0.3 is 83.5 Å². The van der Waals surface area contributed by atoms with Crippen LogP contribution >= 0.6 is 0 Å². The predicted octanol–water partition coefficient (Wildman–Crippen LogP) is 20.6. The van der Waals surface area contributed by atoms with Crippen molar-refractivity contribution in [3.8, 4) is 0 Å². The molecule has 6 N–H and O–H groups in total. The van der Waals surface area contributed by atoms with E-state index in [0.717, 1.165) is 103 Å². The van der Waals surface area contributed by atoms with Crippen LogP contribution in [-0.4, -0.2) is 246 Å². The van der Waals surface area contributed by atoms with Crippen LogP contribution in [0.5, 0.6) is 0 Å². The number of ketones is 12. The standard InChI is InChI=1S/C39H69NO10.C39H69NO9.C35H61NO10/c1-33(41)23-24-35(34(2)42)30-37(44)32-50-31-36(43)20-19-26-48-28-29-49-27-25-40-38(45)21-17-15-13-11-9-7-5-3-4-6-8-10-12-14-16-18-22-39(46)47;1-33(41)23-24-35(34(2)42)32-37(44)25-26-38(45)40-27-29-49-31-30-48-28-19-21-36(43)20-17-15-13-11-9-7-5-3-4-6-8-10-12-14-16-18-22-39(46)47;1-29(37)19-20-31(30(2)38)26-33(40)28-46-27-32(39)16-15-22-44-24-25-45-23-21-36-34(41)17-13-11-9-7-5-3-4-6-8-10-12-14-18-35(42)43/h35H,3-32H2,1-2H3,(H,40,45)(H,46,47);35H,3-32H2,1-2H3,(H,40,45)(H,46,47);31H,3-28H2,1-2H3,(H,36,41)(H,42,43)/t2*35-;31-/m111/s1. The molecule has 32 nitrogen and oxygen atoms in total. The SMILES string of the molecule is CC(=O)CC[C@H](CC(=O)CCC(=O)NCCOCCOCCCC(=O)CCCCCCCCCCCCCCCCCCC(=O)O)C(C)=O.CC(=O)CC[C@H](CC(=O)COCC(=O)CCCOCCOCCNC(=O)CCCCCCCCCCCCCCC(=O)O)C(C)=O.CC(=O)CC[C@H](CC(=O)COCC(=O)CCCOCCOCCNC(=O)CCCCCCCCCCCCCCCCCCC(=O)O)C(C)=O. The van der Waals surface area contributed by atoms with Crippen molar-refractivity contribution in [3.63, 3.8) is 0 Å². The Hall–Kier alpha value is -7.46. The van der Waals surface area contributed by atoms with Crippen LogP contribution in [0.4, 0.5) is 0 Å². The fourth-order valence-electron chi connectivity index (χ4n) is 16.2. The Morgan fingerprint density at radius 3 is 0.607 bits per heavy atom. The van der Waals surface area contributed by atoms with Crippen molar-refractivity contribution < 1.29 is 140 Å². The maximum atomic E-state index is 12.2. The van der Waals surface area contributed by atoms with Gasteiger partial charge in [0.05, 0.1) is 59.5 Å². The number of unbranched alkanes of at least 4 members (excludes halogenated alkanes) is 41. The lowest BCUT2D eigenvalue weighted by molar-refractivity contribution is -0.138. The Morgan fingerprint density at radius 1 is 0.179 bits per heavy atom. The van der Waals surface area contributed by atoms with Gasteiger partial charge in [-0.3, -0.25) is 71.9 Å². The molecule has 0 saturated heterocycles. The second-order valence-corrected chi connectivity index (χ2v) is 39.2. The van der Waals surface area contributed by atoms with E-state index in [9.17, 15) is 86.3 Å². The van der Waals surface area contributed by atoms with Crippen molar-refractivity contribution in [2.75, 3.05) is 125 Å². The van der Waals surface area contributed by atoms with E-state index in [1.54, 1.807) is 0 Å². The third-order valence-corrected chi connectivity index (χ3v) is 25.1. The number of carbonyl (C=O) groups excluding carboxylic acids is 15. The summed E-state index contributed by atoms with van der Waals surface area (Å²) in [4.78, 5) is 208. The first kappa shape index (κ1) is 142. The van der Waals surface area contributed by atoms with Gasteiger partial charge in [0.2, 0.25) is 17.7 Å². The van der Waals surface area contributed by atoms with E-state index in [0.29, 0.717) is 182 Å². The summed E-state index contributed by atoms with van der Waals surface area (Å²) in [5.74, 6) is -4.69. The molecule has 0 aromatic rings. The summed E-state index contributed by atoms with van der Waals surface area (Å²) in [5.41, 5.74) is 0. The average Bonchev–Trinajstić information content (AvgIpc) is 0.947. The van der Waals surface area contributed by atoms with Gasteiger partial charge in [-0.1, -0.05) is 244 Å². The summed E-state index contributed by atoms with van der Waals surface area (Å²) in [5, 5.41) is 34.4. The third kappa shape index (κ3) is 115. The highest BCUT2D eigenvalue weighted by Crippen LogP contribution is 2.22. The molecule has 0 heterocycles. The lowest BCUT2D eigenvalue weighted by Gasteiger charge is -2.12. The molecule has 0 aliphatic heterocycles. The zero-order chi connectivity index (χ0) is 108. The summed E-state index contributed by atoms with van der Waals surface area (Å²) < 4.78 is 43.3.